The quantitative estimate of drug-likeness (QED) is 0.472. The molecule has 0 aliphatic carbocycles. The van der Waals surface area contributed by atoms with Crippen LogP contribution >= 0.6 is 24.0 Å². The first kappa shape index (κ1) is 20.2. The van der Waals surface area contributed by atoms with E-state index in [9.17, 15) is 9.59 Å². The van der Waals surface area contributed by atoms with Gasteiger partial charge in [0.15, 0.2) is 0 Å². The maximum Gasteiger partial charge on any atom is 0.266 e. The standard InChI is InChI=1S/C22H19N3O3S2/c1-28-16-8-6-14(7-9-16)11-25-21(27)19(30-22(25)29)10-15-12-24(13-20(23)26)18-5-3-2-4-17(15)18/h2-10,12H,11,13H2,1H3,(H2,23,26)/b19-10-. The molecular weight excluding hydrogens is 418 g/mol. The number of nitrogens with two attached hydrogens (primary N) is 1. The third-order valence-electron chi connectivity index (χ3n) is 4.81. The maximum atomic E-state index is 13.0. The molecule has 1 saturated heterocycles. The number of ether oxygens (including phenoxy) is 1. The molecule has 1 fully saturated rings. The van der Waals surface area contributed by atoms with Crippen LogP contribution in [0.15, 0.2) is 59.6 Å². The largest absolute Gasteiger partial charge is 0.497 e. The van der Waals surface area contributed by atoms with Crippen LogP contribution in [0.5, 0.6) is 5.75 Å². The molecule has 1 aliphatic heterocycles. The fraction of sp³-hybridized carbons (Fsp3) is 0.136. The minimum atomic E-state index is -0.423. The third kappa shape index (κ3) is 3.96. The Kier molecular flexibility index (Phi) is 5.61. The summed E-state index contributed by atoms with van der Waals surface area (Å²) in [5.41, 5.74) is 8.07. The number of benzene rings is 2. The number of nitrogens with zero attached hydrogens (tertiary/aromatic N) is 2. The van der Waals surface area contributed by atoms with Gasteiger partial charge in [0.1, 0.15) is 16.6 Å². The molecule has 8 heteroatoms. The molecule has 2 aromatic carbocycles. The lowest BCUT2D eigenvalue weighted by Gasteiger charge is -2.14. The number of hydrogen-bond donors (Lipinski definition) is 1. The van der Waals surface area contributed by atoms with Crippen LogP contribution in [0.3, 0.4) is 0 Å². The summed E-state index contributed by atoms with van der Waals surface area (Å²) in [4.78, 5) is 26.6. The summed E-state index contributed by atoms with van der Waals surface area (Å²) in [7, 11) is 1.61. The Bertz CT molecular complexity index is 1180. The maximum absolute atomic E-state index is 13.0. The Morgan fingerprint density at radius 3 is 2.63 bits per heavy atom. The molecule has 0 unspecified atom stereocenters. The Hall–Kier alpha value is -3.10. The van der Waals surface area contributed by atoms with E-state index in [-0.39, 0.29) is 12.5 Å². The predicted molar refractivity (Wildman–Crippen MR) is 123 cm³/mol. The average molecular weight is 438 g/mol. The SMILES string of the molecule is COc1ccc(CN2C(=O)/C(=C/c3cn(CC(N)=O)c4ccccc34)SC2=S)cc1. The van der Waals surface area contributed by atoms with E-state index in [1.807, 2.05) is 60.8 Å². The lowest BCUT2D eigenvalue weighted by atomic mass is 10.1. The number of aromatic nitrogens is 1. The number of primary amides is 1. The highest BCUT2D eigenvalue weighted by Gasteiger charge is 2.32. The molecule has 0 radical (unpaired) electrons. The Labute approximate surface area is 183 Å². The molecule has 2 N–H and O–H groups in total. The van der Waals surface area contributed by atoms with Crippen molar-refractivity contribution in [3.63, 3.8) is 0 Å². The van der Waals surface area contributed by atoms with Gasteiger partial charge in [0.05, 0.1) is 18.6 Å². The topological polar surface area (TPSA) is 77.6 Å². The zero-order valence-corrected chi connectivity index (χ0v) is 17.8. The van der Waals surface area contributed by atoms with E-state index in [4.69, 9.17) is 22.7 Å². The monoisotopic (exact) mass is 437 g/mol. The first-order valence-corrected chi connectivity index (χ1v) is 10.4. The summed E-state index contributed by atoms with van der Waals surface area (Å²) >= 11 is 6.73. The molecule has 1 aliphatic rings. The molecule has 1 aromatic heterocycles. The van der Waals surface area contributed by atoms with Crippen LogP contribution in [0.2, 0.25) is 0 Å². The molecule has 6 nitrogen and oxygen atoms in total. The van der Waals surface area contributed by atoms with Crippen molar-refractivity contribution in [2.45, 2.75) is 13.1 Å². The van der Waals surface area contributed by atoms with E-state index >= 15 is 0 Å². The second-order valence-corrected chi connectivity index (χ2v) is 8.49. The summed E-state index contributed by atoms with van der Waals surface area (Å²) < 4.78 is 7.49. The van der Waals surface area contributed by atoms with Crippen LogP contribution in [0.25, 0.3) is 17.0 Å². The van der Waals surface area contributed by atoms with Gasteiger partial charge in [0, 0.05) is 22.7 Å². The second kappa shape index (κ2) is 8.33. The summed E-state index contributed by atoms with van der Waals surface area (Å²) in [6.07, 6.45) is 3.67. The number of para-hydroxylation sites is 1. The molecule has 2 heterocycles. The molecule has 152 valence electrons. The summed E-state index contributed by atoms with van der Waals surface area (Å²) in [5.74, 6) is 0.206. The lowest BCUT2D eigenvalue weighted by Crippen LogP contribution is -2.27. The van der Waals surface area contributed by atoms with Crippen LogP contribution in [-0.2, 0) is 22.7 Å². The fourth-order valence-corrected chi connectivity index (χ4v) is 4.63. The number of hydrogen-bond acceptors (Lipinski definition) is 5. The van der Waals surface area contributed by atoms with Gasteiger partial charge < -0.3 is 15.0 Å². The van der Waals surface area contributed by atoms with Crippen molar-refractivity contribution in [3.05, 3.63) is 70.8 Å². The van der Waals surface area contributed by atoms with Crippen LogP contribution in [0, 0.1) is 0 Å². The fourth-order valence-electron chi connectivity index (χ4n) is 3.38. The van der Waals surface area contributed by atoms with Gasteiger partial charge in [-0.05, 0) is 29.8 Å². The van der Waals surface area contributed by atoms with Crippen LogP contribution < -0.4 is 10.5 Å². The van der Waals surface area contributed by atoms with Gasteiger partial charge >= 0.3 is 0 Å². The van der Waals surface area contributed by atoms with Crippen LogP contribution in [0.4, 0.5) is 0 Å². The highest BCUT2D eigenvalue weighted by atomic mass is 32.2. The van der Waals surface area contributed by atoms with E-state index in [2.05, 4.69) is 0 Å². The van der Waals surface area contributed by atoms with Gasteiger partial charge in [-0.2, -0.15) is 0 Å². The summed E-state index contributed by atoms with van der Waals surface area (Å²) in [5, 5.41) is 0.944. The van der Waals surface area contributed by atoms with Crippen LogP contribution in [-0.4, -0.2) is 32.7 Å². The van der Waals surface area contributed by atoms with Gasteiger partial charge in [-0.15, -0.1) is 0 Å². The van der Waals surface area contributed by atoms with Gasteiger partial charge in [0.2, 0.25) is 5.91 Å². The van der Waals surface area contributed by atoms with E-state index in [0.29, 0.717) is 15.8 Å². The van der Waals surface area contributed by atoms with Crippen molar-refractivity contribution < 1.29 is 14.3 Å². The number of carbonyl (C=O) groups excluding carboxylic acids is 2. The van der Waals surface area contributed by atoms with E-state index < -0.39 is 5.91 Å². The predicted octanol–water partition coefficient (Wildman–Crippen LogP) is 3.54. The number of thioether (sulfide) groups is 1. The highest BCUT2D eigenvalue weighted by Crippen LogP contribution is 2.35. The summed E-state index contributed by atoms with van der Waals surface area (Å²) in [6, 6.07) is 15.2. The lowest BCUT2D eigenvalue weighted by molar-refractivity contribution is -0.122. The Morgan fingerprint density at radius 2 is 1.93 bits per heavy atom. The minimum absolute atomic E-state index is 0.0762. The van der Waals surface area contributed by atoms with E-state index in [1.165, 1.54) is 11.8 Å². The normalized spacial score (nSPS) is 15.4. The minimum Gasteiger partial charge on any atom is -0.497 e. The van der Waals surface area contributed by atoms with Gasteiger partial charge in [0.25, 0.3) is 5.91 Å². The van der Waals surface area contributed by atoms with Crippen molar-refractivity contribution in [2.75, 3.05) is 7.11 Å². The molecule has 0 bridgehead atoms. The van der Waals surface area contributed by atoms with E-state index in [0.717, 1.165) is 27.8 Å². The smallest absolute Gasteiger partial charge is 0.266 e. The number of carbonyl (C=O) groups is 2. The van der Waals surface area contributed by atoms with E-state index in [1.54, 1.807) is 16.6 Å². The second-order valence-electron chi connectivity index (χ2n) is 6.81. The molecular formula is C22H19N3O3S2. The van der Waals surface area contributed by atoms with Crippen molar-refractivity contribution >= 4 is 57.1 Å². The Morgan fingerprint density at radius 1 is 1.20 bits per heavy atom. The zero-order valence-electron chi connectivity index (χ0n) is 16.2. The number of thiocarbonyl (C=S) groups is 1. The molecule has 30 heavy (non-hydrogen) atoms. The molecule has 2 amide bonds. The van der Waals surface area contributed by atoms with Gasteiger partial charge in [-0.1, -0.05) is 54.3 Å². The first-order chi connectivity index (χ1) is 14.5. The van der Waals surface area contributed by atoms with Crippen LogP contribution in [0.1, 0.15) is 11.1 Å². The average Bonchev–Trinajstić information content (AvgIpc) is 3.20. The number of amides is 2. The summed E-state index contributed by atoms with van der Waals surface area (Å²) in [6.45, 7) is 0.474. The molecule has 0 atom stereocenters. The number of fused-ring (bicyclic) bond motifs is 1. The molecule has 3 aromatic rings. The van der Waals surface area contributed by atoms with Gasteiger partial charge in [-0.3, -0.25) is 14.5 Å². The highest BCUT2D eigenvalue weighted by molar-refractivity contribution is 8.26. The Balaban J connectivity index is 1.62. The van der Waals surface area contributed by atoms with Crippen molar-refractivity contribution in [1.29, 1.82) is 0 Å². The van der Waals surface area contributed by atoms with Crippen molar-refractivity contribution in [1.82, 2.24) is 9.47 Å². The first-order valence-electron chi connectivity index (χ1n) is 9.20. The number of rotatable bonds is 6. The van der Waals surface area contributed by atoms with Crippen molar-refractivity contribution in [2.24, 2.45) is 5.73 Å². The number of methoxy groups -OCH3 is 1. The molecule has 4 rings (SSSR count). The van der Waals surface area contributed by atoms with Crippen molar-refractivity contribution in [3.8, 4) is 5.75 Å². The molecule has 0 spiro atoms. The molecule has 0 saturated carbocycles. The van der Waals surface area contributed by atoms with Gasteiger partial charge in [-0.25, -0.2) is 0 Å². The zero-order chi connectivity index (χ0) is 21.3. The third-order valence-corrected chi connectivity index (χ3v) is 6.18.